The zero-order valence-corrected chi connectivity index (χ0v) is 27.2. The maximum atomic E-state index is 2.70. The van der Waals surface area contributed by atoms with Crippen molar-refractivity contribution in [3.63, 3.8) is 0 Å². The van der Waals surface area contributed by atoms with Gasteiger partial charge in [0.1, 0.15) is 0 Å². The van der Waals surface area contributed by atoms with Crippen LogP contribution in [0.3, 0.4) is 0 Å². The van der Waals surface area contributed by atoms with Crippen molar-refractivity contribution in [2.45, 2.75) is 24.4 Å². The number of allylic oxidation sites excluding steroid dienone is 4. The summed E-state index contributed by atoms with van der Waals surface area (Å²) >= 11 is 0. The number of hydrogen-bond donors (Lipinski definition) is 0. The van der Waals surface area contributed by atoms with Gasteiger partial charge in [-0.2, -0.15) is 0 Å². The summed E-state index contributed by atoms with van der Waals surface area (Å²) < 4.78 is 0. The van der Waals surface area contributed by atoms with E-state index in [0.717, 1.165) is 6.42 Å². The molecular formula is C48H35N. The third-order valence-electron chi connectivity index (χ3n) is 10.8. The molecule has 0 radical (unpaired) electrons. The molecule has 3 atom stereocenters. The van der Waals surface area contributed by atoms with Crippen molar-refractivity contribution >= 4 is 11.3 Å². The third-order valence-corrected chi connectivity index (χ3v) is 10.8. The van der Waals surface area contributed by atoms with E-state index in [1.54, 1.807) is 0 Å². The molecule has 3 unspecified atom stereocenters. The lowest BCUT2D eigenvalue weighted by Gasteiger charge is -2.32. The van der Waals surface area contributed by atoms with Gasteiger partial charge in [-0.1, -0.05) is 140 Å². The van der Waals surface area contributed by atoms with Crippen LogP contribution in [-0.2, 0) is 0 Å². The highest BCUT2D eigenvalue weighted by Crippen LogP contribution is 2.56. The molecule has 4 aliphatic rings. The number of nitrogens with zero attached hydrogens (tertiary/aromatic N) is 1. The van der Waals surface area contributed by atoms with Crippen molar-refractivity contribution in [1.29, 1.82) is 0 Å². The van der Waals surface area contributed by atoms with E-state index in [-0.39, 0.29) is 0 Å². The van der Waals surface area contributed by atoms with Gasteiger partial charge in [0, 0.05) is 17.2 Å². The zero-order chi connectivity index (χ0) is 32.3. The van der Waals surface area contributed by atoms with Gasteiger partial charge in [0.15, 0.2) is 0 Å². The van der Waals surface area contributed by atoms with E-state index in [1.165, 1.54) is 78.0 Å². The van der Waals surface area contributed by atoms with E-state index < -0.39 is 0 Å². The van der Waals surface area contributed by atoms with E-state index in [2.05, 4.69) is 187 Å². The molecular weight excluding hydrogens is 591 g/mol. The van der Waals surface area contributed by atoms with Crippen LogP contribution in [0.4, 0.5) is 5.69 Å². The van der Waals surface area contributed by atoms with E-state index in [9.17, 15) is 0 Å². The summed E-state index contributed by atoms with van der Waals surface area (Å²) in [7, 11) is 0. The molecule has 0 amide bonds. The van der Waals surface area contributed by atoms with Crippen molar-refractivity contribution in [2.24, 2.45) is 0 Å². The molecule has 6 aromatic carbocycles. The fourth-order valence-electron chi connectivity index (χ4n) is 8.54. The number of anilines is 1. The Labute approximate surface area is 288 Å². The minimum atomic E-state index is 0.397. The van der Waals surface area contributed by atoms with Gasteiger partial charge in [-0.15, -0.1) is 0 Å². The predicted octanol–water partition coefficient (Wildman–Crippen LogP) is 12.1. The Morgan fingerprint density at radius 2 is 0.959 bits per heavy atom. The lowest BCUT2D eigenvalue weighted by Crippen LogP contribution is -2.39. The average molecular weight is 626 g/mol. The lowest BCUT2D eigenvalue weighted by molar-refractivity contribution is 0.632. The number of benzene rings is 6. The smallest absolute Gasteiger partial charge is 0.0590 e. The van der Waals surface area contributed by atoms with Crippen molar-refractivity contribution < 1.29 is 0 Å². The maximum Gasteiger partial charge on any atom is 0.0590 e. The summed E-state index contributed by atoms with van der Waals surface area (Å²) in [4.78, 5) is 2.70. The summed E-state index contributed by atoms with van der Waals surface area (Å²) in [6.07, 6.45) is 17.3. The van der Waals surface area contributed by atoms with Crippen molar-refractivity contribution in [1.82, 2.24) is 0 Å². The van der Waals surface area contributed by atoms with Crippen LogP contribution in [0.25, 0.3) is 61.2 Å². The highest BCUT2D eigenvalue weighted by Gasteiger charge is 2.47. The van der Waals surface area contributed by atoms with Crippen LogP contribution in [-0.4, -0.2) is 12.1 Å². The van der Waals surface area contributed by atoms with Gasteiger partial charge in [-0.3, -0.25) is 0 Å². The monoisotopic (exact) mass is 625 g/mol. The quantitative estimate of drug-likeness (QED) is 0.184. The number of hydrogen-bond acceptors (Lipinski definition) is 1. The summed E-state index contributed by atoms with van der Waals surface area (Å²) in [5.41, 5.74) is 18.2. The number of fused-ring (bicyclic) bond motifs is 6. The third kappa shape index (κ3) is 4.69. The molecule has 10 rings (SSSR count). The second-order valence-electron chi connectivity index (χ2n) is 13.6. The SMILES string of the molecule is C1=CCC2C(=C1)c1cc(-c3cccc(-c4cccc(-c5cc(-c6ccccc6)cc(-c6ccccc6)c5)c4)c3)cc3c1N2C1C=CC=CC31. The van der Waals surface area contributed by atoms with Gasteiger partial charge in [-0.05, 0) is 116 Å². The molecule has 2 heterocycles. The van der Waals surface area contributed by atoms with Crippen LogP contribution in [0.5, 0.6) is 0 Å². The summed E-state index contributed by atoms with van der Waals surface area (Å²) in [5, 5.41) is 0. The predicted molar refractivity (Wildman–Crippen MR) is 206 cm³/mol. The molecule has 0 saturated carbocycles. The molecule has 1 nitrogen and oxygen atoms in total. The molecule has 0 fully saturated rings. The van der Waals surface area contributed by atoms with Crippen molar-refractivity contribution in [3.8, 4) is 55.6 Å². The largest absolute Gasteiger partial charge is 0.356 e. The van der Waals surface area contributed by atoms with Gasteiger partial charge in [0.25, 0.3) is 0 Å². The topological polar surface area (TPSA) is 3.24 Å². The fourth-order valence-corrected chi connectivity index (χ4v) is 8.54. The molecule has 2 aliphatic carbocycles. The Bertz CT molecular complexity index is 2310. The van der Waals surface area contributed by atoms with Crippen LogP contribution >= 0.6 is 0 Å². The van der Waals surface area contributed by atoms with Crippen LogP contribution in [0, 0.1) is 0 Å². The van der Waals surface area contributed by atoms with E-state index in [4.69, 9.17) is 0 Å². The van der Waals surface area contributed by atoms with Crippen LogP contribution in [0.1, 0.15) is 23.5 Å². The Morgan fingerprint density at radius 1 is 0.449 bits per heavy atom. The number of rotatable bonds is 5. The Kier molecular flexibility index (Phi) is 6.52. The summed E-state index contributed by atoms with van der Waals surface area (Å²) in [6, 6.07) is 52.3. The van der Waals surface area contributed by atoms with Crippen LogP contribution in [0.15, 0.2) is 182 Å². The van der Waals surface area contributed by atoms with E-state index >= 15 is 0 Å². The lowest BCUT2D eigenvalue weighted by atomic mass is 9.84. The first-order valence-corrected chi connectivity index (χ1v) is 17.4. The standard InChI is InChI=1S/C48H35N/c1-3-13-32(14-4-1)38-27-39(33-15-5-2-6-16-33)29-40(28-38)36-19-11-17-34(25-36)35-18-12-20-37(26-35)41-30-44-42-21-7-9-23-46(42)49-47-24-10-8-22-43(47)45(31-41)48(44)49/h1-23,25-31,42,46-47H,24H2. The van der Waals surface area contributed by atoms with E-state index in [1.807, 2.05) is 0 Å². The van der Waals surface area contributed by atoms with Gasteiger partial charge in [0.05, 0.1) is 12.1 Å². The van der Waals surface area contributed by atoms with Gasteiger partial charge in [0.2, 0.25) is 0 Å². The fraction of sp³-hybridized carbons (Fsp3) is 0.0833. The molecule has 6 aromatic rings. The van der Waals surface area contributed by atoms with E-state index in [0.29, 0.717) is 18.0 Å². The first-order chi connectivity index (χ1) is 24.3. The molecule has 232 valence electrons. The zero-order valence-electron chi connectivity index (χ0n) is 27.2. The Hall–Kier alpha value is -5.92. The molecule has 1 heteroatoms. The minimum Gasteiger partial charge on any atom is -0.356 e. The molecule has 0 saturated heterocycles. The van der Waals surface area contributed by atoms with Gasteiger partial charge >= 0.3 is 0 Å². The van der Waals surface area contributed by atoms with Gasteiger partial charge < -0.3 is 4.90 Å². The minimum absolute atomic E-state index is 0.397. The molecule has 0 bridgehead atoms. The molecule has 2 aliphatic heterocycles. The summed E-state index contributed by atoms with van der Waals surface area (Å²) in [5.74, 6) is 0.401. The second-order valence-corrected chi connectivity index (χ2v) is 13.6. The van der Waals surface area contributed by atoms with Crippen molar-refractivity contribution in [3.05, 3.63) is 193 Å². The average Bonchev–Trinajstić information content (AvgIpc) is 3.70. The summed E-state index contributed by atoms with van der Waals surface area (Å²) in [6.45, 7) is 0. The first-order valence-electron chi connectivity index (χ1n) is 17.4. The van der Waals surface area contributed by atoms with Crippen LogP contribution < -0.4 is 4.90 Å². The molecule has 0 spiro atoms. The Morgan fingerprint density at radius 3 is 1.59 bits per heavy atom. The maximum absolute atomic E-state index is 2.70. The normalized spacial score (nSPS) is 19.4. The Balaban J connectivity index is 1.06. The highest BCUT2D eigenvalue weighted by molar-refractivity contribution is 5.96. The first kappa shape index (κ1) is 28.1. The van der Waals surface area contributed by atoms with Crippen LogP contribution in [0.2, 0.25) is 0 Å². The molecule has 0 N–H and O–H groups in total. The molecule has 49 heavy (non-hydrogen) atoms. The van der Waals surface area contributed by atoms with Crippen molar-refractivity contribution in [2.75, 3.05) is 4.90 Å². The second kappa shape index (κ2) is 11.4. The molecule has 0 aromatic heterocycles. The highest BCUT2D eigenvalue weighted by atomic mass is 15.2. The van der Waals surface area contributed by atoms with Gasteiger partial charge in [-0.25, -0.2) is 0 Å².